The third kappa shape index (κ3) is 3.67. The molecule has 1 aliphatic carbocycles. The van der Waals surface area contributed by atoms with E-state index in [2.05, 4.69) is 9.80 Å². The first-order valence-electron chi connectivity index (χ1n) is 12.3. The molecule has 7 heteroatoms. The van der Waals surface area contributed by atoms with Gasteiger partial charge in [0.25, 0.3) is 0 Å². The molecule has 0 aromatic rings. The lowest BCUT2D eigenvalue weighted by Crippen LogP contribution is -2.56. The van der Waals surface area contributed by atoms with Gasteiger partial charge in [-0.15, -0.1) is 0 Å². The SMILES string of the molecule is CCOC(=O)N1CCC2(CC(N3CCC([C@@H]4CCCN4C(=O)N4CCC4)CC3)C2)C1. The van der Waals surface area contributed by atoms with E-state index in [1.807, 2.05) is 16.7 Å². The van der Waals surface area contributed by atoms with E-state index in [1.165, 1.54) is 58.0 Å². The minimum Gasteiger partial charge on any atom is -0.450 e. The average molecular weight is 419 g/mol. The van der Waals surface area contributed by atoms with Gasteiger partial charge in [0.05, 0.1) is 6.61 Å². The second-order valence-corrected chi connectivity index (χ2v) is 10.3. The molecule has 1 spiro atoms. The highest BCUT2D eigenvalue weighted by Gasteiger charge is 2.52. The summed E-state index contributed by atoms with van der Waals surface area (Å²) in [5.74, 6) is 0.675. The number of carbonyl (C=O) groups is 2. The van der Waals surface area contributed by atoms with Gasteiger partial charge in [0.2, 0.25) is 0 Å². The molecule has 0 aromatic carbocycles. The lowest BCUT2D eigenvalue weighted by molar-refractivity contribution is -0.0152. The number of hydrogen-bond donors (Lipinski definition) is 0. The summed E-state index contributed by atoms with van der Waals surface area (Å²) < 4.78 is 5.19. The molecule has 4 saturated heterocycles. The van der Waals surface area contributed by atoms with Crippen LogP contribution in [-0.2, 0) is 4.74 Å². The lowest BCUT2D eigenvalue weighted by Gasteiger charge is -2.52. The first kappa shape index (κ1) is 20.4. The van der Waals surface area contributed by atoms with Gasteiger partial charge in [0.1, 0.15) is 0 Å². The van der Waals surface area contributed by atoms with E-state index < -0.39 is 0 Å². The fourth-order valence-corrected chi connectivity index (χ4v) is 6.72. The van der Waals surface area contributed by atoms with Crippen molar-refractivity contribution in [2.24, 2.45) is 11.3 Å². The maximum atomic E-state index is 12.8. The van der Waals surface area contributed by atoms with Crippen LogP contribution in [0.25, 0.3) is 0 Å². The maximum absolute atomic E-state index is 12.8. The Morgan fingerprint density at radius 1 is 0.933 bits per heavy atom. The zero-order valence-electron chi connectivity index (χ0n) is 18.6. The van der Waals surface area contributed by atoms with E-state index in [0.717, 1.165) is 39.1 Å². The molecule has 168 valence electrons. The van der Waals surface area contributed by atoms with Gasteiger partial charge in [0.15, 0.2) is 0 Å². The molecule has 0 aromatic heterocycles. The van der Waals surface area contributed by atoms with Crippen LogP contribution in [0.3, 0.4) is 0 Å². The van der Waals surface area contributed by atoms with E-state index in [-0.39, 0.29) is 6.09 Å². The van der Waals surface area contributed by atoms with E-state index in [4.69, 9.17) is 4.74 Å². The summed E-state index contributed by atoms with van der Waals surface area (Å²) in [6, 6.07) is 1.47. The van der Waals surface area contributed by atoms with Gasteiger partial charge in [-0.05, 0) is 82.7 Å². The number of rotatable bonds is 3. The van der Waals surface area contributed by atoms with Crippen LogP contribution in [0.2, 0.25) is 0 Å². The van der Waals surface area contributed by atoms with Gasteiger partial charge in [-0.3, -0.25) is 0 Å². The molecule has 30 heavy (non-hydrogen) atoms. The van der Waals surface area contributed by atoms with Crippen molar-refractivity contribution in [1.82, 2.24) is 19.6 Å². The summed E-state index contributed by atoms with van der Waals surface area (Å²) in [5, 5.41) is 0. The molecule has 4 heterocycles. The highest BCUT2D eigenvalue weighted by molar-refractivity contribution is 5.76. The number of amides is 3. The lowest BCUT2D eigenvalue weighted by atomic mass is 9.64. The fraction of sp³-hybridized carbons (Fsp3) is 0.913. The number of hydrogen-bond acceptors (Lipinski definition) is 4. The van der Waals surface area contributed by atoms with Crippen LogP contribution >= 0.6 is 0 Å². The summed E-state index contributed by atoms with van der Waals surface area (Å²) in [6.45, 7) is 9.30. The Bertz CT molecular complexity index is 653. The van der Waals surface area contributed by atoms with Crippen molar-refractivity contribution in [2.45, 2.75) is 70.4 Å². The van der Waals surface area contributed by atoms with Crippen molar-refractivity contribution in [3.8, 4) is 0 Å². The Balaban J connectivity index is 1.08. The van der Waals surface area contributed by atoms with E-state index in [0.29, 0.717) is 36.1 Å². The molecule has 1 saturated carbocycles. The zero-order valence-corrected chi connectivity index (χ0v) is 18.6. The van der Waals surface area contributed by atoms with Crippen molar-refractivity contribution >= 4 is 12.1 Å². The van der Waals surface area contributed by atoms with Crippen LogP contribution < -0.4 is 0 Å². The highest BCUT2D eigenvalue weighted by atomic mass is 16.6. The van der Waals surface area contributed by atoms with Crippen molar-refractivity contribution in [3.63, 3.8) is 0 Å². The molecule has 0 bridgehead atoms. The van der Waals surface area contributed by atoms with Gasteiger partial charge in [-0.1, -0.05) is 0 Å². The summed E-state index contributed by atoms with van der Waals surface area (Å²) in [4.78, 5) is 33.6. The molecule has 0 unspecified atom stereocenters. The minimum atomic E-state index is -0.132. The van der Waals surface area contributed by atoms with Gasteiger partial charge in [-0.25, -0.2) is 9.59 Å². The minimum absolute atomic E-state index is 0.132. The first-order valence-corrected chi connectivity index (χ1v) is 12.3. The number of urea groups is 1. The Kier molecular flexibility index (Phi) is 5.58. The molecule has 0 N–H and O–H groups in total. The van der Waals surface area contributed by atoms with Crippen molar-refractivity contribution in [3.05, 3.63) is 0 Å². The zero-order chi connectivity index (χ0) is 20.7. The molecular formula is C23H38N4O3. The number of nitrogens with zero attached hydrogens (tertiary/aromatic N) is 4. The average Bonchev–Trinajstić information content (AvgIpc) is 3.33. The molecule has 5 aliphatic rings. The molecule has 3 amide bonds. The second kappa shape index (κ2) is 8.21. The third-order valence-electron chi connectivity index (χ3n) is 8.61. The van der Waals surface area contributed by atoms with Crippen LogP contribution in [0.1, 0.15) is 58.3 Å². The monoisotopic (exact) mass is 418 g/mol. The van der Waals surface area contributed by atoms with Gasteiger partial charge >= 0.3 is 12.1 Å². The van der Waals surface area contributed by atoms with Crippen LogP contribution in [0.4, 0.5) is 9.59 Å². The Hall–Kier alpha value is -1.50. The molecule has 4 aliphatic heterocycles. The highest BCUT2D eigenvalue weighted by Crippen LogP contribution is 2.51. The topological polar surface area (TPSA) is 56.3 Å². The van der Waals surface area contributed by atoms with Gasteiger partial charge < -0.3 is 24.3 Å². The number of ether oxygens (including phenoxy) is 1. The summed E-state index contributed by atoms with van der Waals surface area (Å²) in [6.07, 6.45) is 9.46. The Morgan fingerprint density at radius 2 is 1.70 bits per heavy atom. The summed E-state index contributed by atoms with van der Waals surface area (Å²) in [7, 11) is 0. The maximum Gasteiger partial charge on any atom is 0.409 e. The number of likely N-dealkylation sites (tertiary alicyclic amines) is 4. The van der Waals surface area contributed by atoms with Crippen molar-refractivity contribution in [1.29, 1.82) is 0 Å². The summed E-state index contributed by atoms with van der Waals surface area (Å²) in [5.41, 5.74) is 0.347. The van der Waals surface area contributed by atoms with Crippen molar-refractivity contribution < 1.29 is 14.3 Å². The molecule has 0 radical (unpaired) electrons. The molecule has 1 atom stereocenters. The molecular weight excluding hydrogens is 380 g/mol. The molecule has 7 nitrogen and oxygen atoms in total. The number of piperidine rings is 1. The fourth-order valence-electron chi connectivity index (χ4n) is 6.72. The van der Waals surface area contributed by atoms with Gasteiger partial charge in [0, 0.05) is 44.8 Å². The quantitative estimate of drug-likeness (QED) is 0.707. The largest absolute Gasteiger partial charge is 0.450 e. The van der Waals surface area contributed by atoms with Crippen LogP contribution in [0, 0.1) is 11.3 Å². The van der Waals surface area contributed by atoms with Crippen LogP contribution in [0.15, 0.2) is 0 Å². The molecule has 5 rings (SSSR count). The van der Waals surface area contributed by atoms with E-state index >= 15 is 0 Å². The Labute approximate surface area is 180 Å². The van der Waals surface area contributed by atoms with Crippen LogP contribution in [-0.4, -0.2) is 96.2 Å². The van der Waals surface area contributed by atoms with Gasteiger partial charge in [-0.2, -0.15) is 0 Å². The predicted molar refractivity (Wildman–Crippen MR) is 114 cm³/mol. The normalized spacial score (nSPS) is 34.9. The summed E-state index contributed by atoms with van der Waals surface area (Å²) >= 11 is 0. The van der Waals surface area contributed by atoms with E-state index in [1.54, 1.807) is 0 Å². The van der Waals surface area contributed by atoms with Crippen molar-refractivity contribution in [2.75, 3.05) is 52.4 Å². The number of carbonyl (C=O) groups excluding carboxylic acids is 2. The standard InChI is InChI=1S/C23H38N4O3/c1-2-30-22(29)26-14-8-23(17-26)15-19(16-23)24-12-6-18(7-13-24)20-5-3-11-27(20)21(28)25-9-4-10-25/h18-20H,2-17H2,1H3/t19?,20-,23?/m0/s1. The Morgan fingerprint density at radius 3 is 2.37 bits per heavy atom. The molecule has 5 fully saturated rings. The first-order chi connectivity index (χ1) is 14.6. The van der Waals surface area contributed by atoms with Crippen LogP contribution in [0.5, 0.6) is 0 Å². The second-order valence-electron chi connectivity index (χ2n) is 10.3. The predicted octanol–water partition coefficient (Wildman–Crippen LogP) is 3.00. The smallest absolute Gasteiger partial charge is 0.409 e. The van der Waals surface area contributed by atoms with E-state index in [9.17, 15) is 9.59 Å². The third-order valence-corrected chi connectivity index (χ3v) is 8.61.